The number of carbonyl (C=O) groups is 2. The van der Waals surface area contributed by atoms with Crippen molar-refractivity contribution in [2.45, 2.75) is 33.3 Å². The van der Waals surface area contributed by atoms with Crippen molar-refractivity contribution in [2.75, 3.05) is 0 Å². The van der Waals surface area contributed by atoms with Crippen molar-refractivity contribution < 1.29 is 19.4 Å². The van der Waals surface area contributed by atoms with Gasteiger partial charge < -0.3 is 15.2 Å². The molecule has 0 saturated carbocycles. The Kier molecular flexibility index (Phi) is 5.77. The number of nitrogens with one attached hydrogen (secondary N) is 1. The third-order valence-electron chi connectivity index (χ3n) is 2.64. The normalized spacial score (nSPS) is 12.7. The van der Waals surface area contributed by atoms with E-state index in [0.717, 1.165) is 12.2 Å². The van der Waals surface area contributed by atoms with Gasteiger partial charge in [-0.25, -0.2) is 4.79 Å². The van der Waals surface area contributed by atoms with Crippen LogP contribution in [0.4, 0.5) is 0 Å². The van der Waals surface area contributed by atoms with Gasteiger partial charge in [0.25, 0.3) is 0 Å². The fourth-order valence-corrected chi connectivity index (χ4v) is 1.47. The smallest absolute Gasteiger partial charge is 0.352 e. The lowest BCUT2D eigenvalue weighted by molar-refractivity contribution is -0.134. The Labute approximate surface area is 118 Å². The van der Waals surface area contributed by atoms with Gasteiger partial charge in [-0.1, -0.05) is 19.1 Å². The van der Waals surface area contributed by atoms with Gasteiger partial charge in [-0.2, -0.15) is 0 Å². The third-order valence-corrected chi connectivity index (χ3v) is 2.64. The van der Waals surface area contributed by atoms with Gasteiger partial charge in [0.15, 0.2) is 0 Å². The first-order valence-corrected chi connectivity index (χ1v) is 6.41. The standard InChI is InChI=1S/C15H19NO4/c1-4-10(2)20-13-7-5-12(6-8-13)9-14(15(18)19)16-11(3)17/h5-10H,4H2,1-3H3,(H,16,17)(H,18,19)/b14-9-. The second-order valence-electron chi connectivity index (χ2n) is 4.45. The summed E-state index contributed by atoms with van der Waals surface area (Å²) >= 11 is 0. The van der Waals surface area contributed by atoms with Crippen molar-refractivity contribution in [3.63, 3.8) is 0 Å². The SMILES string of the molecule is CCC(C)Oc1ccc(/C=C(\NC(C)=O)C(=O)O)cc1. The maximum absolute atomic E-state index is 11.0. The Morgan fingerprint density at radius 3 is 2.40 bits per heavy atom. The second kappa shape index (κ2) is 7.33. The predicted octanol–water partition coefficient (Wildman–Crippen LogP) is 2.43. The Bertz CT molecular complexity index is 505. The molecular weight excluding hydrogens is 258 g/mol. The molecule has 5 nitrogen and oxygen atoms in total. The molecule has 20 heavy (non-hydrogen) atoms. The Hall–Kier alpha value is -2.30. The highest BCUT2D eigenvalue weighted by Crippen LogP contribution is 2.16. The zero-order chi connectivity index (χ0) is 15.1. The van der Waals surface area contributed by atoms with Crippen molar-refractivity contribution in [2.24, 2.45) is 0 Å². The molecule has 0 fully saturated rings. The van der Waals surface area contributed by atoms with Gasteiger partial charge in [0.2, 0.25) is 5.91 Å². The molecule has 1 amide bonds. The average molecular weight is 277 g/mol. The summed E-state index contributed by atoms with van der Waals surface area (Å²) in [5.41, 5.74) is 0.515. The number of benzene rings is 1. The molecule has 0 aliphatic rings. The van der Waals surface area contributed by atoms with E-state index in [1.54, 1.807) is 24.3 Å². The molecular formula is C15H19NO4. The fraction of sp³-hybridized carbons (Fsp3) is 0.333. The van der Waals surface area contributed by atoms with Crippen LogP contribution in [0, 0.1) is 0 Å². The van der Waals surface area contributed by atoms with Gasteiger partial charge >= 0.3 is 5.97 Å². The van der Waals surface area contributed by atoms with E-state index >= 15 is 0 Å². The lowest BCUT2D eigenvalue weighted by Gasteiger charge is -2.12. The summed E-state index contributed by atoms with van der Waals surface area (Å²) in [5.74, 6) is -0.872. The van der Waals surface area contributed by atoms with Crippen LogP contribution < -0.4 is 10.1 Å². The zero-order valence-corrected chi connectivity index (χ0v) is 11.8. The van der Waals surface area contributed by atoms with Gasteiger partial charge in [0.05, 0.1) is 6.10 Å². The highest BCUT2D eigenvalue weighted by Gasteiger charge is 2.08. The Balaban J connectivity index is 2.86. The maximum Gasteiger partial charge on any atom is 0.352 e. The molecule has 0 spiro atoms. The minimum Gasteiger partial charge on any atom is -0.491 e. The van der Waals surface area contributed by atoms with Gasteiger partial charge in [0, 0.05) is 6.92 Å². The van der Waals surface area contributed by atoms with Gasteiger partial charge in [-0.05, 0) is 37.1 Å². The maximum atomic E-state index is 11.0. The lowest BCUT2D eigenvalue weighted by atomic mass is 10.2. The monoisotopic (exact) mass is 277 g/mol. The van der Waals surface area contributed by atoms with E-state index in [9.17, 15) is 9.59 Å². The largest absolute Gasteiger partial charge is 0.491 e. The van der Waals surface area contributed by atoms with Gasteiger partial charge in [0.1, 0.15) is 11.4 Å². The molecule has 1 aromatic carbocycles. The van der Waals surface area contributed by atoms with E-state index in [1.807, 2.05) is 13.8 Å². The number of carboxylic acids is 1. The molecule has 0 saturated heterocycles. The number of ether oxygens (including phenoxy) is 1. The molecule has 1 aromatic rings. The van der Waals surface area contributed by atoms with Crippen LogP contribution in [-0.2, 0) is 9.59 Å². The van der Waals surface area contributed by atoms with E-state index in [1.165, 1.54) is 13.0 Å². The van der Waals surface area contributed by atoms with E-state index < -0.39 is 11.9 Å². The highest BCUT2D eigenvalue weighted by molar-refractivity contribution is 5.96. The average Bonchev–Trinajstić information content (AvgIpc) is 2.39. The van der Waals surface area contributed by atoms with Crippen LogP contribution in [0.5, 0.6) is 5.75 Å². The van der Waals surface area contributed by atoms with Crippen LogP contribution in [0.1, 0.15) is 32.8 Å². The van der Waals surface area contributed by atoms with Crippen molar-refractivity contribution in [1.82, 2.24) is 5.32 Å². The number of amides is 1. The van der Waals surface area contributed by atoms with E-state index in [0.29, 0.717) is 5.56 Å². The summed E-state index contributed by atoms with van der Waals surface area (Å²) in [4.78, 5) is 21.9. The summed E-state index contributed by atoms with van der Waals surface area (Å²) in [6.07, 6.45) is 2.44. The molecule has 5 heteroatoms. The molecule has 0 radical (unpaired) electrons. The lowest BCUT2D eigenvalue weighted by Crippen LogP contribution is -2.24. The summed E-state index contributed by atoms with van der Waals surface area (Å²) in [6, 6.07) is 7.02. The highest BCUT2D eigenvalue weighted by atomic mass is 16.5. The van der Waals surface area contributed by atoms with Crippen molar-refractivity contribution in [3.05, 3.63) is 35.5 Å². The molecule has 1 rings (SSSR count). The summed E-state index contributed by atoms with van der Waals surface area (Å²) < 4.78 is 5.63. The molecule has 0 bridgehead atoms. The number of carbonyl (C=O) groups excluding carboxylic acids is 1. The quantitative estimate of drug-likeness (QED) is 0.783. The number of aliphatic carboxylic acids is 1. The van der Waals surface area contributed by atoms with Crippen molar-refractivity contribution >= 4 is 18.0 Å². The topological polar surface area (TPSA) is 75.6 Å². The number of carboxylic acid groups (broad SMARTS) is 1. The van der Waals surface area contributed by atoms with Crippen LogP contribution in [0.25, 0.3) is 6.08 Å². The Morgan fingerprint density at radius 1 is 1.35 bits per heavy atom. The third kappa shape index (κ3) is 5.14. The predicted molar refractivity (Wildman–Crippen MR) is 76.3 cm³/mol. The number of rotatable bonds is 6. The molecule has 2 N–H and O–H groups in total. The molecule has 0 aromatic heterocycles. The zero-order valence-electron chi connectivity index (χ0n) is 11.8. The van der Waals surface area contributed by atoms with Crippen LogP contribution >= 0.6 is 0 Å². The molecule has 0 aliphatic heterocycles. The first kappa shape index (κ1) is 15.8. The summed E-state index contributed by atoms with van der Waals surface area (Å²) in [7, 11) is 0. The van der Waals surface area contributed by atoms with Crippen molar-refractivity contribution in [1.29, 1.82) is 0 Å². The Morgan fingerprint density at radius 2 is 1.95 bits per heavy atom. The first-order valence-electron chi connectivity index (χ1n) is 6.41. The van der Waals surface area contributed by atoms with Gasteiger partial charge in [-0.3, -0.25) is 4.79 Å². The molecule has 0 aliphatic carbocycles. The molecule has 1 unspecified atom stereocenters. The number of hydrogen-bond acceptors (Lipinski definition) is 3. The van der Waals surface area contributed by atoms with Crippen LogP contribution in [-0.4, -0.2) is 23.1 Å². The van der Waals surface area contributed by atoms with E-state index in [4.69, 9.17) is 9.84 Å². The van der Waals surface area contributed by atoms with Gasteiger partial charge in [-0.15, -0.1) is 0 Å². The molecule has 0 heterocycles. The molecule has 1 atom stereocenters. The summed E-state index contributed by atoms with van der Waals surface area (Å²) in [5, 5.41) is 11.3. The van der Waals surface area contributed by atoms with Crippen molar-refractivity contribution in [3.8, 4) is 5.75 Å². The minimum atomic E-state index is -1.18. The van der Waals surface area contributed by atoms with E-state index in [2.05, 4.69) is 5.32 Å². The van der Waals surface area contributed by atoms with Crippen LogP contribution in [0.2, 0.25) is 0 Å². The first-order chi connectivity index (χ1) is 9.42. The molecule has 108 valence electrons. The minimum absolute atomic E-state index is 0.130. The number of hydrogen-bond donors (Lipinski definition) is 2. The van der Waals surface area contributed by atoms with Crippen LogP contribution in [0.15, 0.2) is 30.0 Å². The van der Waals surface area contributed by atoms with E-state index in [-0.39, 0.29) is 11.8 Å². The second-order valence-corrected chi connectivity index (χ2v) is 4.45. The summed E-state index contributed by atoms with van der Waals surface area (Å²) in [6.45, 7) is 5.28. The van der Waals surface area contributed by atoms with Crippen LogP contribution in [0.3, 0.4) is 0 Å². The fourth-order valence-electron chi connectivity index (χ4n) is 1.47.